The third-order valence-corrected chi connectivity index (χ3v) is 6.21. The molecule has 1 aromatic heterocycles. The lowest BCUT2D eigenvalue weighted by molar-refractivity contribution is -0.127. The predicted molar refractivity (Wildman–Crippen MR) is 119 cm³/mol. The number of carbonyl (C=O) groups is 1. The van der Waals surface area contributed by atoms with Gasteiger partial charge in [0.25, 0.3) is 0 Å². The van der Waals surface area contributed by atoms with Crippen molar-refractivity contribution in [2.24, 2.45) is 0 Å². The zero-order chi connectivity index (χ0) is 21.1. The zero-order valence-electron chi connectivity index (χ0n) is 16.7. The second-order valence-corrected chi connectivity index (χ2v) is 8.70. The molecule has 8 heteroatoms. The molecule has 1 amide bonds. The molecule has 0 radical (unpaired) electrons. The van der Waals surface area contributed by atoms with Gasteiger partial charge >= 0.3 is 0 Å². The van der Waals surface area contributed by atoms with Crippen molar-refractivity contribution in [1.29, 1.82) is 0 Å². The van der Waals surface area contributed by atoms with E-state index in [1.165, 1.54) is 11.8 Å². The van der Waals surface area contributed by atoms with Crippen LogP contribution in [0.2, 0.25) is 10.0 Å². The molecular formula is C21H22Cl2N4OS. The summed E-state index contributed by atoms with van der Waals surface area (Å²) in [6.45, 7) is 6.48. The van der Waals surface area contributed by atoms with Crippen LogP contribution in [0.15, 0.2) is 41.6 Å². The number of carbonyl (C=O) groups excluding carboxylic acids is 1. The summed E-state index contributed by atoms with van der Waals surface area (Å²) >= 11 is 13.4. The highest BCUT2D eigenvalue weighted by molar-refractivity contribution is 7.99. The highest BCUT2D eigenvalue weighted by Crippen LogP contribution is 2.26. The molecule has 3 rings (SSSR count). The van der Waals surface area contributed by atoms with Crippen LogP contribution in [-0.4, -0.2) is 38.4 Å². The van der Waals surface area contributed by atoms with Gasteiger partial charge in [0.15, 0.2) is 5.16 Å². The number of aryl methyl sites for hydroxylation is 3. The van der Waals surface area contributed by atoms with Crippen LogP contribution in [0.4, 0.5) is 0 Å². The molecule has 0 aliphatic heterocycles. The van der Waals surface area contributed by atoms with Gasteiger partial charge in [0, 0.05) is 13.6 Å². The van der Waals surface area contributed by atoms with Crippen LogP contribution in [-0.2, 0) is 11.3 Å². The van der Waals surface area contributed by atoms with Crippen molar-refractivity contribution in [1.82, 2.24) is 19.7 Å². The molecule has 0 bridgehead atoms. The largest absolute Gasteiger partial charge is 0.341 e. The molecule has 0 N–H and O–H groups in total. The van der Waals surface area contributed by atoms with Gasteiger partial charge in [0.05, 0.1) is 21.5 Å². The minimum atomic E-state index is -0.00533. The van der Waals surface area contributed by atoms with Crippen LogP contribution in [0.25, 0.3) is 5.69 Å². The molecular weight excluding hydrogens is 427 g/mol. The number of nitrogens with zero attached hydrogens (tertiary/aromatic N) is 4. The van der Waals surface area contributed by atoms with E-state index in [0.29, 0.717) is 21.7 Å². The van der Waals surface area contributed by atoms with Gasteiger partial charge in [-0.3, -0.25) is 9.36 Å². The van der Waals surface area contributed by atoms with Crippen molar-refractivity contribution in [2.45, 2.75) is 32.5 Å². The van der Waals surface area contributed by atoms with Crippen LogP contribution >= 0.6 is 35.0 Å². The number of amides is 1. The minimum Gasteiger partial charge on any atom is -0.341 e. The lowest BCUT2D eigenvalue weighted by atomic mass is 10.1. The van der Waals surface area contributed by atoms with Crippen molar-refractivity contribution in [2.75, 3.05) is 12.8 Å². The third kappa shape index (κ3) is 5.13. The maximum absolute atomic E-state index is 12.6. The van der Waals surface area contributed by atoms with Gasteiger partial charge in [-0.15, -0.1) is 10.2 Å². The monoisotopic (exact) mass is 448 g/mol. The van der Waals surface area contributed by atoms with Gasteiger partial charge in [-0.05, 0) is 55.7 Å². The number of benzene rings is 2. The Labute approximate surface area is 185 Å². The fourth-order valence-corrected chi connectivity index (χ4v) is 4.16. The van der Waals surface area contributed by atoms with E-state index in [4.69, 9.17) is 23.2 Å². The van der Waals surface area contributed by atoms with E-state index in [1.807, 2.05) is 17.6 Å². The average molecular weight is 449 g/mol. The SMILES string of the molecule is Cc1ccc(C)c(-n2c(C)nnc2SCC(=O)N(C)Cc2ccc(Cl)c(Cl)c2)c1. The summed E-state index contributed by atoms with van der Waals surface area (Å²) in [5.74, 6) is 1.05. The molecule has 2 aromatic carbocycles. The standard InChI is InChI=1S/C21H22Cl2N4OS/c1-13-5-6-14(2)19(9-13)27-15(3)24-25-21(27)29-12-20(28)26(4)11-16-7-8-17(22)18(23)10-16/h5-10H,11-12H2,1-4H3. The van der Waals surface area contributed by atoms with E-state index in [0.717, 1.165) is 28.2 Å². The normalized spacial score (nSPS) is 11.0. The third-order valence-electron chi connectivity index (χ3n) is 4.55. The summed E-state index contributed by atoms with van der Waals surface area (Å²) in [5.41, 5.74) is 4.25. The minimum absolute atomic E-state index is 0.00533. The highest BCUT2D eigenvalue weighted by Gasteiger charge is 2.17. The van der Waals surface area contributed by atoms with Crippen molar-refractivity contribution < 1.29 is 4.79 Å². The topological polar surface area (TPSA) is 51.0 Å². The van der Waals surface area contributed by atoms with Gasteiger partial charge in [-0.1, -0.05) is 53.2 Å². The van der Waals surface area contributed by atoms with Crippen molar-refractivity contribution in [3.05, 3.63) is 69.0 Å². The van der Waals surface area contributed by atoms with Gasteiger partial charge in [-0.25, -0.2) is 0 Å². The lowest BCUT2D eigenvalue weighted by Gasteiger charge is -2.18. The van der Waals surface area contributed by atoms with Crippen LogP contribution in [0.3, 0.4) is 0 Å². The first-order valence-corrected chi connectivity index (χ1v) is 10.8. The van der Waals surface area contributed by atoms with E-state index in [1.54, 1.807) is 24.1 Å². The Morgan fingerprint density at radius 1 is 1.07 bits per heavy atom. The Morgan fingerprint density at radius 2 is 1.83 bits per heavy atom. The second kappa shape index (κ2) is 9.20. The van der Waals surface area contributed by atoms with Crippen molar-refractivity contribution in [3.63, 3.8) is 0 Å². The lowest BCUT2D eigenvalue weighted by Crippen LogP contribution is -2.27. The summed E-state index contributed by atoms with van der Waals surface area (Å²) < 4.78 is 2.00. The Bertz CT molecular complexity index is 1050. The van der Waals surface area contributed by atoms with Crippen LogP contribution in [0.5, 0.6) is 0 Å². The van der Waals surface area contributed by atoms with E-state index < -0.39 is 0 Å². The molecule has 0 saturated carbocycles. The molecule has 29 heavy (non-hydrogen) atoms. The molecule has 0 atom stereocenters. The fraction of sp³-hybridized carbons (Fsp3) is 0.286. The number of rotatable bonds is 6. The van der Waals surface area contributed by atoms with E-state index in [2.05, 4.69) is 42.2 Å². The maximum atomic E-state index is 12.6. The maximum Gasteiger partial charge on any atom is 0.233 e. The number of aromatic nitrogens is 3. The summed E-state index contributed by atoms with van der Waals surface area (Å²) in [6.07, 6.45) is 0. The number of hydrogen-bond acceptors (Lipinski definition) is 4. The van der Waals surface area contributed by atoms with Gasteiger partial charge < -0.3 is 4.90 Å². The van der Waals surface area contributed by atoms with Crippen molar-refractivity contribution in [3.8, 4) is 5.69 Å². The van der Waals surface area contributed by atoms with Gasteiger partial charge in [0.1, 0.15) is 5.82 Å². The summed E-state index contributed by atoms with van der Waals surface area (Å²) in [4.78, 5) is 14.3. The fourth-order valence-electron chi connectivity index (χ4n) is 2.91. The Morgan fingerprint density at radius 3 is 2.55 bits per heavy atom. The average Bonchev–Trinajstić information content (AvgIpc) is 3.05. The van der Waals surface area contributed by atoms with E-state index in [-0.39, 0.29) is 11.7 Å². The Balaban J connectivity index is 1.70. The molecule has 0 saturated heterocycles. The van der Waals surface area contributed by atoms with Crippen LogP contribution in [0, 0.1) is 20.8 Å². The molecule has 5 nitrogen and oxygen atoms in total. The molecule has 152 valence electrons. The van der Waals surface area contributed by atoms with Crippen molar-refractivity contribution >= 4 is 40.9 Å². The smallest absolute Gasteiger partial charge is 0.233 e. The second-order valence-electron chi connectivity index (χ2n) is 6.94. The molecule has 0 aliphatic rings. The van der Waals surface area contributed by atoms with E-state index >= 15 is 0 Å². The first-order valence-electron chi connectivity index (χ1n) is 9.06. The Hall–Kier alpha value is -2.02. The first kappa shape index (κ1) is 21.7. The summed E-state index contributed by atoms with van der Waals surface area (Å²) in [7, 11) is 1.77. The van der Waals surface area contributed by atoms with Gasteiger partial charge in [-0.2, -0.15) is 0 Å². The quantitative estimate of drug-likeness (QED) is 0.483. The summed E-state index contributed by atoms with van der Waals surface area (Å²) in [5, 5.41) is 10.2. The highest BCUT2D eigenvalue weighted by atomic mass is 35.5. The number of hydrogen-bond donors (Lipinski definition) is 0. The zero-order valence-corrected chi connectivity index (χ0v) is 19.1. The molecule has 1 heterocycles. The molecule has 0 aliphatic carbocycles. The molecule has 0 unspecified atom stereocenters. The first-order chi connectivity index (χ1) is 13.8. The van der Waals surface area contributed by atoms with Gasteiger partial charge in [0.2, 0.25) is 5.91 Å². The molecule has 3 aromatic rings. The van der Waals surface area contributed by atoms with Crippen LogP contribution in [0.1, 0.15) is 22.5 Å². The van der Waals surface area contributed by atoms with E-state index in [9.17, 15) is 4.79 Å². The Kier molecular flexibility index (Phi) is 6.88. The molecule has 0 spiro atoms. The molecule has 0 fully saturated rings. The summed E-state index contributed by atoms with van der Waals surface area (Å²) in [6, 6.07) is 11.6. The predicted octanol–water partition coefficient (Wildman–Crippen LogP) is 5.25. The van der Waals surface area contributed by atoms with Crippen LogP contribution < -0.4 is 0 Å². The number of thioether (sulfide) groups is 1. The number of halogens is 2.